The number of hydrogen-bond acceptors (Lipinski definition) is 5. The van der Waals surface area contributed by atoms with Gasteiger partial charge in [-0.1, -0.05) is 0 Å². The summed E-state index contributed by atoms with van der Waals surface area (Å²) in [6.07, 6.45) is 1.59. The molecule has 1 unspecified atom stereocenters. The molecule has 1 aromatic carbocycles. The van der Waals surface area contributed by atoms with Crippen molar-refractivity contribution in [2.24, 2.45) is 5.92 Å². The van der Waals surface area contributed by atoms with Crippen LogP contribution in [-0.4, -0.2) is 36.9 Å². The molecule has 1 atom stereocenters. The van der Waals surface area contributed by atoms with Gasteiger partial charge in [-0.25, -0.2) is 4.79 Å². The zero-order valence-electron chi connectivity index (χ0n) is 12.7. The van der Waals surface area contributed by atoms with Gasteiger partial charge in [0.25, 0.3) is 0 Å². The van der Waals surface area contributed by atoms with Crippen LogP contribution in [0, 0.1) is 5.92 Å². The minimum absolute atomic E-state index is 0.268. The minimum Gasteiger partial charge on any atom is -0.462 e. The number of anilines is 2. The van der Waals surface area contributed by atoms with Crippen LogP contribution in [0.1, 0.15) is 37.0 Å². The lowest BCUT2D eigenvalue weighted by molar-refractivity contribution is 0.0526. The predicted octanol–water partition coefficient (Wildman–Crippen LogP) is 2.04. The fourth-order valence-electron chi connectivity index (χ4n) is 2.78. The average molecular weight is 292 g/mol. The maximum absolute atomic E-state index is 11.8. The summed E-state index contributed by atoms with van der Waals surface area (Å²) in [6, 6.07) is 5.25. The molecule has 116 valence electrons. The van der Waals surface area contributed by atoms with Crippen LogP contribution >= 0.6 is 0 Å². The molecule has 1 fully saturated rings. The SMILES string of the molecule is CCOC(=O)c1ccc(N)c(N2CCC(C(C)O)CC2)c1. The number of aliphatic hydroxyl groups excluding tert-OH is 1. The van der Waals surface area contributed by atoms with Crippen molar-refractivity contribution in [2.75, 3.05) is 30.3 Å². The largest absolute Gasteiger partial charge is 0.462 e. The van der Waals surface area contributed by atoms with Crippen LogP contribution in [0.4, 0.5) is 11.4 Å². The van der Waals surface area contributed by atoms with E-state index in [1.807, 2.05) is 6.92 Å². The molecule has 0 aromatic heterocycles. The number of nitrogen functional groups attached to an aromatic ring is 1. The molecule has 0 amide bonds. The highest BCUT2D eigenvalue weighted by molar-refractivity contribution is 5.92. The summed E-state index contributed by atoms with van der Waals surface area (Å²) < 4.78 is 5.03. The van der Waals surface area contributed by atoms with Gasteiger partial charge in [-0.2, -0.15) is 0 Å². The van der Waals surface area contributed by atoms with Gasteiger partial charge in [0, 0.05) is 13.1 Å². The highest BCUT2D eigenvalue weighted by atomic mass is 16.5. The van der Waals surface area contributed by atoms with Crippen LogP contribution in [0.25, 0.3) is 0 Å². The van der Waals surface area contributed by atoms with Gasteiger partial charge in [0.05, 0.1) is 29.6 Å². The Morgan fingerprint density at radius 3 is 2.71 bits per heavy atom. The summed E-state index contributed by atoms with van der Waals surface area (Å²) in [4.78, 5) is 14.0. The van der Waals surface area contributed by atoms with E-state index in [9.17, 15) is 9.90 Å². The predicted molar refractivity (Wildman–Crippen MR) is 83.4 cm³/mol. The number of carbonyl (C=O) groups excluding carboxylic acids is 1. The van der Waals surface area contributed by atoms with Crippen molar-refractivity contribution in [3.63, 3.8) is 0 Å². The summed E-state index contributed by atoms with van der Waals surface area (Å²) in [6.45, 7) is 5.67. The van der Waals surface area contributed by atoms with Crippen LogP contribution in [0.5, 0.6) is 0 Å². The van der Waals surface area contributed by atoms with Gasteiger partial charge in [-0.3, -0.25) is 0 Å². The van der Waals surface area contributed by atoms with Crippen LogP contribution in [0.3, 0.4) is 0 Å². The van der Waals surface area contributed by atoms with E-state index >= 15 is 0 Å². The van der Waals surface area contributed by atoms with E-state index in [-0.39, 0.29) is 12.1 Å². The van der Waals surface area contributed by atoms with Crippen LogP contribution < -0.4 is 10.6 Å². The maximum Gasteiger partial charge on any atom is 0.338 e. The smallest absolute Gasteiger partial charge is 0.338 e. The molecule has 0 bridgehead atoms. The Hall–Kier alpha value is -1.75. The van der Waals surface area contributed by atoms with Gasteiger partial charge in [0.2, 0.25) is 0 Å². The monoisotopic (exact) mass is 292 g/mol. The Morgan fingerprint density at radius 1 is 1.48 bits per heavy atom. The third kappa shape index (κ3) is 3.67. The van der Waals surface area contributed by atoms with E-state index in [0.717, 1.165) is 31.6 Å². The average Bonchev–Trinajstić information content (AvgIpc) is 2.48. The molecule has 2 rings (SSSR count). The number of ether oxygens (including phenoxy) is 1. The zero-order valence-corrected chi connectivity index (χ0v) is 12.7. The molecule has 0 radical (unpaired) electrons. The molecule has 0 saturated carbocycles. The molecular formula is C16H24N2O3. The number of benzene rings is 1. The quantitative estimate of drug-likeness (QED) is 0.656. The van der Waals surface area contributed by atoms with E-state index in [1.54, 1.807) is 25.1 Å². The van der Waals surface area contributed by atoms with Gasteiger partial charge in [0.15, 0.2) is 0 Å². The molecule has 1 heterocycles. The number of nitrogens with zero attached hydrogens (tertiary/aromatic N) is 1. The van der Waals surface area contributed by atoms with E-state index in [2.05, 4.69) is 4.90 Å². The number of rotatable bonds is 4. The Morgan fingerprint density at radius 2 is 2.14 bits per heavy atom. The van der Waals surface area contributed by atoms with Gasteiger partial charge in [0.1, 0.15) is 0 Å². The van der Waals surface area contributed by atoms with Crippen LogP contribution in [0.15, 0.2) is 18.2 Å². The second kappa shape index (κ2) is 6.80. The molecule has 1 aliphatic heterocycles. The number of aliphatic hydroxyl groups is 1. The van der Waals surface area contributed by atoms with Crippen molar-refractivity contribution < 1.29 is 14.6 Å². The topological polar surface area (TPSA) is 75.8 Å². The first-order valence-electron chi connectivity index (χ1n) is 7.52. The summed E-state index contributed by atoms with van der Waals surface area (Å²) in [7, 11) is 0. The standard InChI is InChI=1S/C16H24N2O3/c1-3-21-16(20)13-4-5-14(17)15(10-13)18-8-6-12(7-9-18)11(2)19/h4-5,10-12,19H,3,6-9,17H2,1-2H3. The number of esters is 1. The number of carbonyl (C=O) groups is 1. The Bertz CT molecular complexity index is 494. The first kappa shape index (κ1) is 15.6. The van der Waals surface area contributed by atoms with E-state index in [1.165, 1.54) is 0 Å². The fourth-order valence-corrected chi connectivity index (χ4v) is 2.78. The van der Waals surface area contributed by atoms with Crippen molar-refractivity contribution in [2.45, 2.75) is 32.8 Å². The molecule has 0 aliphatic carbocycles. The summed E-state index contributed by atoms with van der Waals surface area (Å²) in [5.41, 5.74) is 8.12. The molecule has 5 heteroatoms. The van der Waals surface area contributed by atoms with Crippen molar-refractivity contribution in [3.8, 4) is 0 Å². The summed E-state index contributed by atoms with van der Waals surface area (Å²) in [5.74, 6) is 0.0216. The molecule has 3 N–H and O–H groups in total. The number of nitrogens with two attached hydrogens (primary N) is 1. The summed E-state index contributed by atoms with van der Waals surface area (Å²) in [5, 5.41) is 9.66. The normalized spacial score (nSPS) is 17.6. The molecule has 21 heavy (non-hydrogen) atoms. The number of piperidine rings is 1. The molecule has 5 nitrogen and oxygen atoms in total. The lowest BCUT2D eigenvalue weighted by atomic mass is 9.92. The van der Waals surface area contributed by atoms with Crippen LogP contribution in [0.2, 0.25) is 0 Å². The Balaban J connectivity index is 2.13. The van der Waals surface area contributed by atoms with Crippen molar-refractivity contribution in [1.82, 2.24) is 0 Å². The second-order valence-corrected chi connectivity index (χ2v) is 5.56. The molecule has 1 aliphatic rings. The van der Waals surface area contributed by atoms with Crippen LogP contribution in [-0.2, 0) is 4.74 Å². The van der Waals surface area contributed by atoms with Gasteiger partial charge >= 0.3 is 5.97 Å². The molecule has 1 aromatic rings. The second-order valence-electron chi connectivity index (χ2n) is 5.56. The van der Waals surface area contributed by atoms with E-state index in [4.69, 9.17) is 10.5 Å². The van der Waals surface area contributed by atoms with Gasteiger partial charge in [-0.05, 0) is 50.8 Å². The third-order valence-electron chi connectivity index (χ3n) is 4.10. The van der Waals surface area contributed by atoms with Crippen molar-refractivity contribution in [3.05, 3.63) is 23.8 Å². The first-order chi connectivity index (χ1) is 10.0. The minimum atomic E-state index is -0.322. The molecule has 0 spiro atoms. The molecular weight excluding hydrogens is 268 g/mol. The van der Waals surface area contributed by atoms with Gasteiger partial charge < -0.3 is 20.5 Å². The Kier molecular flexibility index (Phi) is 5.07. The van der Waals surface area contributed by atoms with Gasteiger partial charge in [-0.15, -0.1) is 0 Å². The van der Waals surface area contributed by atoms with E-state index < -0.39 is 0 Å². The van der Waals surface area contributed by atoms with Crippen molar-refractivity contribution in [1.29, 1.82) is 0 Å². The first-order valence-corrected chi connectivity index (χ1v) is 7.52. The lowest BCUT2D eigenvalue weighted by Crippen LogP contribution is -2.37. The molecule has 1 saturated heterocycles. The third-order valence-corrected chi connectivity index (χ3v) is 4.10. The van der Waals surface area contributed by atoms with Crippen molar-refractivity contribution >= 4 is 17.3 Å². The Labute approximate surface area is 125 Å². The maximum atomic E-state index is 11.8. The summed E-state index contributed by atoms with van der Waals surface area (Å²) >= 11 is 0. The highest BCUT2D eigenvalue weighted by Crippen LogP contribution is 2.30. The highest BCUT2D eigenvalue weighted by Gasteiger charge is 2.24. The lowest BCUT2D eigenvalue weighted by Gasteiger charge is -2.35. The fraction of sp³-hybridized carbons (Fsp3) is 0.562. The number of hydrogen-bond donors (Lipinski definition) is 2. The zero-order chi connectivity index (χ0) is 15.4. The van der Waals surface area contributed by atoms with E-state index in [0.29, 0.717) is 23.8 Å².